The van der Waals surface area contributed by atoms with Crippen LogP contribution in [-0.4, -0.2) is 29.8 Å². The monoisotopic (exact) mass is 370 g/mol. The third kappa shape index (κ3) is 4.07. The van der Waals surface area contributed by atoms with E-state index in [4.69, 9.17) is 11.6 Å². The maximum absolute atomic E-state index is 12.6. The maximum atomic E-state index is 12.6. The van der Waals surface area contributed by atoms with E-state index in [-0.39, 0.29) is 17.7 Å². The largest absolute Gasteiger partial charge is 0.339 e. The first-order chi connectivity index (χ1) is 12.5. The van der Waals surface area contributed by atoms with Crippen molar-refractivity contribution in [2.75, 3.05) is 18.4 Å². The van der Waals surface area contributed by atoms with E-state index in [2.05, 4.69) is 11.4 Å². The molecule has 136 valence electrons. The molecule has 1 saturated heterocycles. The smallest absolute Gasteiger partial charge is 0.255 e. The number of hydrogen-bond acceptors (Lipinski definition) is 2. The molecule has 1 N–H and O–H groups in total. The molecule has 2 aromatic rings. The Hall–Kier alpha value is -2.33. The quantitative estimate of drug-likeness (QED) is 0.867. The molecule has 0 aliphatic carbocycles. The fraction of sp³-hybridized carbons (Fsp3) is 0.333. The molecule has 0 saturated carbocycles. The molecular formula is C21H23ClN2O2. The van der Waals surface area contributed by atoms with Crippen LogP contribution in [0.25, 0.3) is 0 Å². The third-order valence-corrected chi connectivity index (χ3v) is 5.23. The molecule has 26 heavy (non-hydrogen) atoms. The summed E-state index contributed by atoms with van der Waals surface area (Å²) in [6.07, 6.45) is 1.32. The van der Waals surface area contributed by atoms with E-state index in [1.165, 1.54) is 5.56 Å². The van der Waals surface area contributed by atoms with Crippen LogP contribution in [-0.2, 0) is 4.79 Å². The summed E-state index contributed by atoms with van der Waals surface area (Å²) in [5.74, 6) is -0.114. The van der Waals surface area contributed by atoms with Gasteiger partial charge in [-0.3, -0.25) is 9.59 Å². The molecule has 3 rings (SSSR count). The molecule has 4 nitrogen and oxygen atoms in total. The molecule has 0 radical (unpaired) electrons. The summed E-state index contributed by atoms with van der Waals surface area (Å²) in [4.78, 5) is 27.0. The van der Waals surface area contributed by atoms with E-state index in [0.717, 1.165) is 11.3 Å². The van der Waals surface area contributed by atoms with Gasteiger partial charge in [0.15, 0.2) is 0 Å². The standard InChI is InChI=1S/C21H23ClN2O2/c1-14-7-8-19(15(2)13-14)23-20(25)16-9-11-24(12-10-16)21(26)17-5-3-4-6-18(17)22/h3-8,13,16H,9-12H2,1-2H3,(H,23,25). The van der Waals surface area contributed by atoms with Gasteiger partial charge >= 0.3 is 0 Å². The number of likely N-dealkylation sites (tertiary alicyclic amines) is 1. The fourth-order valence-corrected chi connectivity index (χ4v) is 3.55. The molecule has 5 heteroatoms. The Kier molecular flexibility index (Phi) is 5.62. The highest BCUT2D eigenvalue weighted by atomic mass is 35.5. The van der Waals surface area contributed by atoms with Crippen LogP contribution >= 0.6 is 11.6 Å². The summed E-state index contributed by atoms with van der Waals surface area (Å²) < 4.78 is 0. The molecule has 1 aliphatic heterocycles. The summed E-state index contributed by atoms with van der Waals surface area (Å²) in [6.45, 7) is 5.15. The van der Waals surface area contributed by atoms with Crippen LogP contribution in [0, 0.1) is 19.8 Å². The van der Waals surface area contributed by atoms with E-state index in [1.807, 2.05) is 38.1 Å². The van der Waals surface area contributed by atoms with Crippen LogP contribution < -0.4 is 5.32 Å². The number of benzene rings is 2. The Morgan fingerprint density at radius 1 is 1.08 bits per heavy atom. The number of rotatable bonds is 3. The minimum Gasteiger partial charge on any atom is -0.339 e. The normalized spacial score (nSPS) is 15.0. The van der Waals surface area contributed by atoms with Gasteiger partial charge in [0.25, 0.3) is 5.91 Å². The van der Waals surface area contributed by atoms with Crippen LogP contribution in [0.2, 0.25) is 5.02 Å². The maximum Gasteiger partial charge on any atom is 0.255 e. The number of amides is 2. The van der Waals surface area contributed by atoms with Crippen LogP contribution in [0.4, 0.5) is 5.69 Å². The molecule has 0 unspecified atom stereocenters. The summed E-state index contributed by atoms with van der Waals surface area (Å²) in [6, 6.07) is 13.1. The number of hydrogen-bond donors (Lipinski definition) is 1. The minimum absolute atomic E-state index is 0.0294. The number of nitrogens with zero attached hydrogens (tertiary/aromatic N) is 1. The molecule has 0 atom stereocenters. The van der Waals surface area contributed by atoms with Gasteiger partial charge in [-0.1, -0.05) is 41.4 Å². The second-order valence-electron chi connectivity index (χ2n) is 6.85. The number of aryl methyl sites for hydroxylation is 2. The number of piperidine rings is 1. The van der Waals surface area contributed by atoms with Crippen molar-refractivity contribution in [2.24, 2.45) is 5.92 Å². The number of halogens is 1. The Morgan fingerprint density at radius 2 is 1.77 bits per heavy atom. The average Bonchev–Trinajstić information content (AvgIpc) is 2.64. The van der Waals surface area contributed by atoms with Crippen molar-refractivity contribution in [2.45, 2.75) is 26.7 Å². The highest BCUT2D eigenvalue weighted by Crippen LogP contribution is 2.24. The summed E-state index contributed by atoms with van der Waals surface area (Å²) >= 11 is 6.12. The summed E-state index contributed by atoms with van der Waals surface area (Å²) in [5.41, 5.74) is 3.61. The zero-order valence-corrected chi connectivity index (χ0v) is 15.8. The lowest BCUT2D eigenvalue weighted by Crippen LogP contribution is -2.41. The van der Waals surface area contributed by atoms with Gasteiger partial charge < -0.3 is 10.2 Å². The van der Waals surface area contributed by atoms with Crippen molar-refractivity contribution >= 4 is 29.1 Å². The van der Waals surface area contributed by atoms with E-state index in [0.29, 0.717) is 36.5 Å². The SMILES string of the molecule is Cc1ccc(NC(=O)C2CCN(C(=O)c3ccccc3Cl)CC2)c(C)c1. The zero-order valence-electron chi connectivity index (χ0n) is 15.1. The Labute approximate surface area is 159 Å². The first-order valence-electron chi connectivity index (χ1n) is 8.87. The summed E-state index contributed by atoms with van der Waals surface area (Å²) in [5, 5.41) is 3.49. The molecule has 1 aliphatic rings. The molecule has 0 spiro atoms. The van der Waals surface area contributed by atoms with Crippen molar-refractivity contribution < 1.29 is 9.59 Å². The van der Waals surface area contributed by atoms with Crippen molar-refractivity contribution in [3.05, 3.63) is 64.2 Å². The number of anilines is 1. The predicted molar refractivity (Wildman–Crippen MR) is 105 cm³/mol. The van der Waals surface area contributed by atoms with E-state index in [1.54, 1.807) is 17.0 Å². The van der Waals surface area contributed by atoms with Gasteiger partial charge in [0.2, 0.25) is 5.91 Å². The highest BCUT2D eigenvalue weighted by molar-refractivity contribution is 6.33. The second-order valence-corrected chi connectivity index (χ2v) is 7.26. The lowest BCUT2D eigenvalue weighted by atomic mass is 9.95. The van der Waals surface area contributed by atoms with Crippen LogP contribution in [0.3, 0.4) is 0 Å². The minimum atomic E-state index is -0.0778. The van der Waals surface area contributed by atoms with Gasteiger partial charge in [0.1, 0.15) is 0 Å². The number of carbonyl (C=O) groups excluding carboxylic acids is 2. The molecule has 0 bridgehead atoms. The second kappa shape index (κ2) is 7.92. The Bertz CT molecular complexity index is 827. The first-order valence-corrected chi connectivity index (χ1v) is 9.25. The van der Waals surface area contributed by atoms with Crippen LogP contribution in [0.15, 0.2) is 42.5 Å². The molecule has 1 fully saturated rings. The van der Waals surface area contributed by atoms with E-state index in [9.17, 15) is 9.59 Å². The third-order valence-electron chi connectivity index (χ3n) is 4.90. The first kappa shape index (κ1) is 18.5. The Balaban J connectivity index is 1.59. The van der Waals surface area contributed by atoms with Gasteiger partial charge in [0, 0.05) is 24.7 Å². The van der Waals surface area contributed by atoms with Gasteiger partial charge in [-0.2, -0.15) is 0 Å². The summed E-state index contributed by atoms with van der Waals surface area (Å²) in [7, 11) is 0. The number of nitrogens with one attached hydrogen (secondary N) is 1. The van der Waals surface area contributed by atoms with Gasteiger partial charge in [-0.15, -0.1) is 0 Å². The van der Waals surface area contributed by atoms with Crippen molar-refractivity contribution in [3.63, 3.8) is 0 Å². The topological polar surface area (TPSA) is 49.4 Å². The van der Waals surface area contributed by atoms with Crippen molar-refractivity contribution in [1.29, 1.82) is 0 Å². The average molecular weight is 371 g/mol. The lowest BCUT2D eigenvalue weighted by Gasteiger charge is -2.31. The molecular weight excluding hydrogens is 348 g/mol. The van der Waals surface area contributed by atoms with Gasteiger partial charge in [0.05, 0.1) is 10.6 Å². The molecule has 1 heterocycles. The van der Waals surface area contributed by atoms with E-state index < -0.39 is 0 Å². The lowest BCUT2D eigenvalue weighted by molar-refractivity contribution is -0.121. The Morgan fingerprint density at radius 3 is 2.42 bits per heavy atom. The zero-order chi connectivity index (χ0) is 18.7. The van der Waals surface area contributed by atoms with E-state index >= 15 is 0 Å². The van der Waals surface area contributed by atoms with Crippen LogP contribution in [0.5, 0.6) is 0 Å². The molecule has 0 aromatic heterocycles. The van der Waals surface area contributed by atoms with Gasteiger partial charge in [-0.05, 0) is 50.5 Å². The van der Waals surface area contributed by atoms with Crippen LogP contribution in [0.1, 0.15) is 34.3 Å². The van der Waals surface area contributed by atoms with Crippen molar-refractivity contribution in [3.8, 4) is 0 Å². The fourth-order valence-electron chi connectivity index (χ4n) is 3.34. The highest BCUT2D eigenvalue weighted by Gasteiger charge is 2.28. The van der Waals surface area contributed by atoms with Gasteiger partial charge in [-0.25, -0.2) is 0 Å². The van der Waals surface area contributed by atoms with Crippen molar-refractivity contribution in [1.82, 2.24) is 4.90 Å². The predicted octanol–water partition coefficient (Wildman–Crippen LogP) is 4.45. The molecule has 2 aromatic carbocycles. The number of carbonyl (C=O) groups is 2. The molecule has 2 amide bonds.